The largest absolute Gasteiger partial charge is 0.383 e. The van der Waals surface area contributed by atoms with E-state index in [1.165, 1.54) is 6.07 Å². The maximum atomic E-state index is 13.9. The standard InChI is InChI=1S/C15H19FN4/c1-8(2)14-19-13(17)10(4)15(20-14)18-12-6-5-9(3)7-11(12)16/h5-8H,1-4H3,(H3,17,18,19,20). The van der Waals surface area contributed by atoms with Crippen molar-refractivity contribution in [2.75, 3.05) is 11.1 Å². The maximum absolute atomic E-state index is 13.9. The minimum absolute atomic E-state index is 0.154. The molecule has 0 radical (unpaired) electrons. The molecule has 0 aliphatic carbocycles. The molecule has 0 fully saturated rings. The van der Waals surface area contributed by atoms with Gasteiger partial charge in [-0.05, 0) is 31.5 Å². The minimum atomic E-state index is -0.312. The number of benzene rings is 1. The minimum Gasteiger partial charge on any atom is -0.383 e. The van der Waals surface area contributed by atoms with Crippen LogP contribution in [-0.2, 0) is 0 Å². The highest BCUT2D eigenvalue weighted by Gasteiger charge is 2.12. The number of nitrogens with zero attached hydrogens (tertiary/aromatic N) is 2. The Hall–Kier alpha value is -2.17. The smallest absolute Gasteiger partial charge is 0.146 e. The Kier molecular flexibility index (Phi) is 3.88. The third-order valence-electron chi connectivity index (χ3n) is 3.09. The Morgan fingerprint density at radius 2 is 1.90 bits per heavy atom. The summed E-state index contributed by atoms with van der Waals surface area (Å²) in [6, 6.07) is 5.01. The number of nitrogens with one attached hydrogen (secondary N) is 1. The molecule has 1 heterocycles. The van der Waals surface area contributed by atoms with Crippen LogP contribution in [0.5, 0.6) is 0 Å². The van der Waals surface area contributed by atoms with Crippen molar-refractivity contribution in [1.29, 1.82) is 0 Å². The Morgan fingerprint density at radius 3 is 2.50 bits per heavy atom. The zero-order valence-electron chi connectivity index (χ0n) is 12.2. The lowest BCUT2D eigenvalue weighted by atomic mass is 10.2. The van der Waals surface area contributed by atoms with Crippen LogP contribution < -0.4 is 11.1 Å². The number of anilines is 3. The van der Waals surface area contributed by atoms with Gasteiger partial charge in [0.15, 0.2) is 0 Å². The molecule has 5 heteroatoms. The molecule has 0 saturated carbocycles. The summed E-state index contributed by atoms with van der Waals surface area (Å²) in [7, 11) is 0. The first-order valence-electron chi connectivity index (χ1n) is 6.55. The van der Waals surface area contributed by atoms with Crippen molar-refractivity contribution in [3.05, 3.63) is 41.0 Å². The van der Waals surface area contributed by atoms with Crippen LogP contribution in [-0.4, -0.2) is 9.97 Å². The van der Waals surface area contributed by atoms with Gasteiger partial charge in [-0.15, -0.1) is 0 Å². The van der Waals surface area contributed by atoms with Gasteiger partial charge < -0.3 is 11.1 Å². The van der Waals surface area contributed by atoms with Gasteiger partial charge in [0, 0.05) is 11.5 Å². The van der Waals surface area contributed by atoms with E-state index in [0.29, 0.717) is 23.1 Å². The highest BCUT2D eigenvalue weighted by atomic mass is 19.1. The zero-order chi connectivity index (χ0) is 14.9. The highest BCUT2D eigenvalue weighted by Crippen LogP contribution is 2.25. The van der Waals surface area contributed by atoms with Crippen LogP contribution in [0.25, 0.3) is 0 Å². The van der Waals surface area contributed by atoms with Crippen LogP contribution in [0.1, 0.15) is 36.7 Å². The van der Waals surface area contributed by atoms with Gasteiger partial charge in [0.25, 0.3) is 0 Å². The molecule has 1 aromatic carbocycles. The van der Waals surface area contributed by atoms with Crippen molar-refractivity contribution in [3.8, 4) is 0 Å². The van der Waals surface area contributed by atoms with Crippen molar-refractivity contribution in [2.24, 2.45) is 0 Å². The van der Waals surface area contributed by atoms with Gasteiger partial charge in [0.05, 0.1) is 5.69 Å². The summed E-state index contributed by atoms with van der Waals surface area (Å²) in [6.07, 6.45) is 0. The van der Waals surface area contributed by atoms with Crippen LogP contribution in [0.2, 0.25) is 0 Å². The fraction of sp³-hybridized carbons (Fsp3) is 0.333. The van der Waals surface area contributed by atoms with Crippen LogP contribution >= 0.6 is 0 Å². The maximum Gasteiger partial charge on any atom is 0.146 e. The summed E-state index contributed by atoms with van der Waals surface area (Å²) >= 11 is 0. The summed E-state index contributed by atoms with van der Waals surface area (Å²) in [5.74, 6) is 1.44. The normalized spacial score (nSPS) is 10.9. The molecular formula is C15H19FN4. The average Bonchev–Trinajstić information content (AvgIpc) is 2.37. The summed E-state index contributed by atoms with van der Waals surface area (Å²) < 4.78 is 13.9. The van der Waals surface area contributed by atoms with Gasteiger partial charge >= 0.3 is 0 Å². The Labute approximate surface area is 118 Å². The quantitative estimate of drug-likeness (QED) is 0.896. The molecule has 0 bridgehead atoms. The fourth-order valence-electron chi connectivity index (χ4n) is 1.78. The third-order valence-corrected chi connectivity index (χ3v) is 3.09. The number of hydrogen-bond donors (Lipinski definition) is 2. The van der Waals surface area contributed by atoms with E-state index in [2.05, 4.69) is 15.3 Å². The average molecular weight is 274 g/mol. The number of halogens is 1. The summed E-state index contributed by atoms with van der Waals surface area (Å²) in [5.41, 5.74) is 7.86. The number of hydrogen-bond acceptors (Lipinski definition) is 4. The van der Waals surface area contributed by atoms with E-state index in [1.54, 1.807) is 6.07 Å². The molecule has 4 nitrogen and oxygen atoms in total. The monoisotopic (exact) mass is 274 g/mol. The molecule has 3 N–H and O–H groups in total. The lowest BCUT2D eigenvalue weighted by molar-refractivity contribution is 0.630. The van der Waals surface area contributed by atoms with Crippen LogP contribution in [0.4, 0.5) is 21.7 Å². The number of nitrogen functional groups attached to an aromatic ring is 1. The second-order valence-corrected chi connectivity index (χ2v) is 5.20. The molecular weight excluding hydrogens is 255 g/mol. The van der Waals surface area contributed by atoms with E-state index in [-0.39, 0.29) is 11.7 Å². The van der Waals surface area contributed by atoms with E-state index in [0.717, 1.165) is 11.1 Å². The molecule has 0 unspecified atom stereocenters. The molecule has 0 saturated heterocycles. The van der Waals surface area contributed by atoms with Gasteiger partial charge in [0.1, 0.15) is 23.3 Å². The Bertz CT molecular complexity index is 638. The van der Waals surface area contributed by atoms with Crippen LogP contribution in [0, 0.1) is 19.7 Å². The number of rotatable bonds is 3. The fourth-order valence-corrected chi connectivity index (χ4v) is 1.78. The van der Waals surface area contributed by atoms with Crippen LogP contribution in [0.3, 0.4) is 0 Å². The molecule has 1 aromatic heterocycles. The van der Waals surface area contributed by atoms with E-state index in [1.807, 2.05) is 33.8 Å². The van der Waals surface area contributed by atoms with Crippen molar-refractivity contribution in [1.82, 2.24) is 9.97 Å². The zero-order valence-corrected chi connectivity index (χ0v) is 12.2. The Balaban J connectivity index is 2.42. The molecule has 0 amide bonds. The predicted molar refractivity (Wildman–Crippen MR) is 79.7 cm³/mol. The summed E-state index contributed by atoms with van der Waals surface area (Å²) in [4.78, 5) is 8.67. The second kappa shape index (κ2) is 5.45. The van der Waals surface area contributed by atoms with E-state index >= 15 is 0 Å². The van der Waals surface area contributed by atoms with E-state index in [9.17, 15) is 4.39 Å². The molecule has 20 heavy (non-hydrogen) atoms. The number of nitrogens with two attached hydrogens (primary N) is 1. The lowest BCUT2D eigenvalue weighted by Crippen LogP contribution is -2.08. The first-order chi connectivity index (χ1) is 9.38. The third kappa shape index (κ3) is 2.87. The van der Waals surface area contributed by atoms with E-state index < -0.39 is 0 Å². The molecule has 106 valence electrons. The first kappa shape index (κ1) is 14.2. The molecule has 0 aliphatic heterocycles. The van der Waals surface area contributed by atoms with Crippen molar-refractivity contribution < 1.29 is 4.39 Å². The van der Waals surface area contributed by atoms with Gasteiger partial charge in [-0.2, -0.15) is 0 Å². The molecule has 2 aromatic rings. The topological polar surface area (TPSA) is 63.8 Å². The first-order valence-corrected chi connectivity index (χ1v) is 6.55. The highest BCUT2D eigenvalue weighted by molar-refractivity contribution is 5.64. The van der Waals surface area contributed by atoms with Gasteiger partial charge in [-0.3, -0.25) is 0 Å². The predicted octanol–water partition coefficient (Wildman–Crippen LogP) is 3.68. The number of aryl methyl sites for hydroxylation is 1. The van der Waals surface area contributed by atoms with Crippen molar-refractivity contribution in [3.63, 3.8) is 0 Å². The Morgan fingerprint density at radius 1 is 1.20 bits per heavy atom. The molecule has 0 atom stereocenters. The van der Waals surface area contributed by atoms with Gasteiger partial charge in [-0.25, -0.2) is 14.4 Å². The molecule has 0 spiro atoms. The lowest BCUT2D eigenvalue weighted by Gasteiger charge is -2.14. The van der Waals surface area contributed by atoms with Crippen LogP contribution in [0.15, 0.2) is 18.2 Å². The summed E-state index contributed by atoms with van der Waals surface area (Å²) in [6.45, 7) is 7.63. The molecule has 2 rings (SSSR count). The molecule has 0 aliphatic rings. The number of aromatic nitrogens is 2. The van der Waals surface area contributed by atoms with Crippen molar-refractivity contribution in [2.45, 2.75) is 33.6 Å². The van der Waals surface area contributed by atoms with Gasteiger partial charge in [-0.1, -0.05) is 19.9 Å². The second-order valence-electron chi connectivity index (χ2n) is 5.20. The SMILES string of the molecule is Cc1ccc(Nc2nc(C(C)C)nc(N)c2C)c(F)c1. The van der Waals surface area contributed by atoms with Gasteiger partial charge in [0.2, 0.25) is 0 Å². The summed E-state index contributed by atoms with van der Waals surface area (Å²) in [5, 5.41) is 3.00. The van der Waals surface area contributed by atoms with E-state index in [4.69, 9.17) is 5.73 Å². The van der Waals surface area contributed by atoms with Crippen molar-refractivity contribution >= 4 is 17.3 Å².